The van der Waals surface area contributed by atoms with Gasteiger partial charge in [-0.15, -0.1) is 0 Å². The molecule has 2 atom stereocenters. The van der Waals surface area contributed by atoms with Crippen molar-refractivity contribution in [3.63, 3.8) is 0 Å². The standard InChI is InChI=1S/C33H32F2N4O4S/c1-38-14-12-24-22(19-44(2,42)43)15-21-18-39(27-11-10-23(34)16-26(27)35)31-25(17-37-30(28(21)31)29(24)33(38)41)32(40)36-13-6-9-20-7-4-3-5-8-20/h3-5,7-8,10-12,14-16,18,25,31,37H,6,9,13,17,19H2,1-2H3,(H,36,40). The molecule has 0 saturated carbocycles. The van der Waals surface area contributed by atoms with Crippen molar-refractivity contribution in [2.45, 2.75) is 18.9 Å². The number of amides is 1. The van der Waals surface area contributed by atoms with E-state index in [0.29, 0.717) is 34.5 Å². The number of nitrogens with one attached hydrogen (secondary N) is 2. The van der Waals surface area contributed by atoms with Gasteiger partial charge in [0.1, 0.15) is 11.6 Å². The minimum atomic E-state index is -3.51. The van der Waals surface area contributed by atoms with Crippen LogP contribution in [-0.2, 0) is 28.1 Å². The van der Waals surface area contributed by atoms with E-state index in [9.17, 15) is 22.4 Å². The first-order valence-corrected chi connectivity index (χ1v) is 16.4. The van der Waals surface area contributed by atoms with Crippen molar-refractivity contribution in [3.05, 3.63) is 123 Å². The highest BCUT2D eigenvalue weighted by molar-refractivity contribution is 7.91. The molecule has 2 unspecified atom stereocenters. The van der Waals surface area contributed by atoms with Gasteiger partial charge in [0, 0.05) is 50.4 Å². The first-order chi connectivity index (χ1) is 21.0. The molecule has 2 aliphatic heterocycles. The first-order valence-electron chi connectivity index (χ1n) is 14.4. The lowest BCUT2D eigenvalue weighted by Gasteiger charge is -2.38. The van der Waals surface area contributed by atoms with Gasteiger partial charge in [0.25, 0.3) is 5.56 Å². The van der Waals surface area contributed by atoms with Crippen molar-refractivity contribution in [1.82, 2.24) is 15.2 Å². The number of allylic oxidation sites excluding steroid dienone is 1. The average Bonchev–Trinajstić information content (AvgIpc) is 3.28. The number of aryl methyl sites for hydroxylation is 2. The van der Waals surface area contributed by atoms with Gasteiger partial charge in [-0.25, -0.2) is 17.2 Å². The molecule has 44 heavy (non-hydrogen) atoms. The Morgan fingerprint density at radius 3 is 2.61 bits per heavy atom. The van der Waals surface area contributed by atoms with Crippen LogP contribution in [0.15, 0.2) is 89.0 Å². The number of nitrogens with zero attached hydrogens (tertiary/aromatic N) is 2. The molecule has 11 heteroatoms. The summed E-state index contributed by atoms with van der Waals surface area (Å²) in [5.41, 5.74) is 3.65. The van der Waals surface area contributed by atoms with E-state index in [4.69, 9.17) is 0 Å². The Bertz CT molecular complexity index is 1920. The molecule has 2 N–H and O–H groups in total. The topological polar surface area (TPSA) is 101 Å². The van der Waals surface area contributed by atoms with E-state index >= 15 is 4.39 Å². The Kier molecular flexibility index (Phi) is 7.75. The van der Waals surface area contributed by atoms with Crippen LogP contribution < -0.4 is 21.1 Å². The van der Waals surface area contributed by atoms with Gasteiger partial charge in [0.2, 0.25) is 5.91 Å². The van der Waals surface area contributed by atoms with Crippen LogP contribution >= 0.6 is 0 Å². The third-order valence-corrected chi connectivity index (χ3v) is 9.09. The molecule has 6 rings (SSSR count). The maximum atomic E-state index is 15.3. The second-order valence-corrected chi connectivity index (χ2v) is 13.6. The number of benzene rings is 2. The van der Waals surface area contributed by atoms with Crippen LogP contribution in [0.1, 0.15) is 23.1 Å². The molecule has 0 bridgehead atoms. The molecule has 228 valence electrons. The molecule has 0 saturated heterocycles. The van der Waals surface area contributed by atoms with E-state index in [1.54, 1.807) is 36.5 Å². The van der Waals surface area contributed by atoms with Gasteiger partial charge in [0.05, 0.1) is 34.7 Å². The number of hydrogen-bond donors (Lipinski definition) is 2. The second-order valence-electron chi connectivity index (χ2n) is 11.4. The first kappa shape index (κ1) is 29.6. The van der Waals surface area contributed by atoms with Gasteiger partial charge >= 0.3 is 0 Å². The number of sulfone groups is 1. The highest BCUT2D eigenvalue weighted by Crippen LogP contribution is 2.46. The number of hydrogen-bond acceptors (Lipinski definition) is 6. The second kappa shape index (κ2) is 11.5. The zero-order valence-corrected chi connectivity index (χ0v) is 25.1. The van der Waals surface area contributed by atoms with Gasteiger partial charge < -0.3 is 20.1 Å². The molecule has 1 aliphatic carbocycles. The fourth-order valence-electron chi connectivity index (χ4n) is 6.29. The molecule has 0 radical (unpaired) electrons. The molecule has 3 aliphatic rings. The smallest absolute Gasteiger partial charge is 0.260 e. The number of carbonyl (C=O) groups is 1. The van der Waals surface area contributed by atoms with Crippen molar-refractivity contribution in [1.29, 1.82) is 0 Å². The monoisotopic (exact) mass is 618 g/mol. The Labute approximate surface area is 254 Å². The van der Waals surface area contributed by atoms with Crippen LogP contribution in [0.25, 0.3) is 11.3 Å². The fraction of sp³-hybridized carbons (Fsp3) is 0.273. The molecule has 2 aromatic carbocycles. The van der Waals surface area contributed by atoms with Crippen LogP contribution in [0.3, 0.4) is 0 Å². The highest BCUT2D eigenvalue weighted by atomic mass is 32.2. The quantitative estimate of drug-likeness (QED) is 0.375. The van der Waals surface area contributed by atoms with E-state index in [1.807, 2.05) is 30.3 Å². The van der Waals surface area contributed by atoms with Gasteiger partial charge in [0.15, 0.2) is 9.84 Å². The Morgan fingerprint density at radius 2 is 1.89 bits per heavy atom. The zero-order chi connectivity index (χ0) is 31.2. The average molecular weight is 619 g/mol. The largest absolute Gasteiger partial charge is 0.383 e. The SMILES string of the molecule is Cn1ccc2c(c1=O)C1=C3C(=CN(c4ccc(F)cc4F)C3C(C(=O)NCCCc3ccccc3)CN1)C=C2CS(C)(=O)=O. The number of fused-ring (bicyclic) bond motifs is 2. The van der Waals surface area contributed by atoms with Crippen molar-refractivity contribution >= 4 is 32.7 Å². The van der Waals surface area contributed by atoms with E-state index in [2.05, 4.69) is 10.6 Å². The lowest BCUT2D eigenvalue weighted by Crippen LogP contribution is -2.52. The van der Waals surface area contributed by atoms with E-state index in [0.717, 1.165) is 36.8 Å². The number of carbonyl (C=O) groups excluding carboxylic acids is 1. The minimum Gasteiger partial charge on any atom is -0.383 e. The van der Waals surface area contributed by atoms with Crippen LogP contribution in [-0.4, -0.2) is 50.0 Å². The van der Waals surface area contributed by atoms with Crippen LogP contribution in [0.5, 0.6) is 0 Å². The van der Waals surface area contributed by atoms with Crippen molar-refractivity contribution in [2.75, 3.05) is 30.0 Å². The summed E-state index contributed by atoms with van der Waals surface area (Å²) in [5.74, 6) is -2.85. The molecule has 0 spiro atoms. The number of aromatic nitrogens is 1. The Hall–Kier alpha value is -4.51. The summed E-state index contributed by atoms with van der Waals surface area (Å²) in [6.07, 6.45) is 7.56. The number of halogens is 2. The van der Waals surface area contributed by atoms with E-state index < -0.39 is 33.4 Å². The van der Waals surface area contributed by atoms with Crippen molar-refractivity contribution in [2.24, 2.45) is 13.0 Å². The maximum Gasteiger partial charge on any atom is 0.260 e. The summed E-state index contributed by atoms with van der Waals surface area (Å²) in [5, 5.41) is 6.34. The van der Waals surface area contributed by atoms with Gasteiger partial charge in [-0.3, -0.25) is 9.59 Å². The molecule has 1 amide bonds. The maximum absolute atomic E-state index is 15.3. The molecular weight excluding hydrogens is 586 g/mol. The molecule has 1 aromatic heterocycles. The highest BCUT2D eigenvalue weighted by Gasteiger charge is 2.46. The summed E-state index contributed by atoms with van der Waals surface area (Å²) in [6, 6.07) is 14.2. The predicted molar refractivity (Wildman–Crippen MR) is 166 cm³/mol. The molecule has 8 nitrogen and oxygen atoms in total. The van der Waals surface area contributed by atoms with Gasteiger partial charge in [-0.05, 0) is 59.4 Å². The van der Waals surface area contributed by atoms with E-state index in [-0.39, 0.29) is 35.0 Å². The normalized spacial score (nSPS) is 19.0. The summed E-state index contributed by atoms with van der Waals surface area (Å²) in [4.78, 5) is 29.0. The van der Waals surface area contributed by atoms with Gasteiger partial charge in [-0.2, -0.15) is 0 Å². The fourth-order valence-corrected chi connectivity index (χ4v) is 7.09. The molecule has 3 heterocycles. The summed E-state index contributed by atoms with van der Waals surface area (Å²) in [6.45, 7) is 0.559. The zero-order valence-electron chi connectivity index (χ0n) is 24.3. The van der Waals surface area contributed by atoms with Crippen LogP contribution in [0.4, 0.5) is 14.5 Å². The van der Waals surface area contributed by atoms with Crippen molar-refractivity contribution < 1.29 is 22.0 Å². The van der Waals surface area contributed by atoms with Crippen LogP contribution in [0, 0.1) is 17.6 Å². The molecule has 3 aromatic rings. The van der Waals surface area contributed by atoms with Gasteiger partial charge in [-0.1, -0.05) is 30.3 Å². The third kappa shape index (κ3) is 5.59. The lowest BCUT2D eigenvalue weighted by molar-refractivity contribution is -0.125. The Morgan fingerprint density at radius 1 is 1.11 bits per heavy atom. The van der Waals surface area contributed by atoms with E-state index in [1.165, 1.54) is 10.6 Å². The third-order valence-electron chi connectivity index (χ3n) is 8.25. The van der Waals surface area contributed by atoms with Crippen LogP contribution in [0.2, 0.25) is 0 Å². The minimum absolute atomic E-state index is 0.0619. The number of rotatable bonds is 8. The summed E-state index contributed by atoms with van der Waals surface area (Å²) < 4.78 is 55.6. The molecular formula is C33H32F2N4O4S. The summed E-state index contributed by atoms with van der Waals surface area (Å²) in [7, 11) is -1.91. The number of pyridine rings is 1. The lowest BCUT2D eigenvalue weighted by atomic mass is 9.84. The Balaban J connectivity index is 1.43. The summed E-state index contributed by atoms with van der Waals surface area (Å²) >= 11 is 0. The van der Waals surface area contributed by atoms with Crippen molar-refractivity contribution in [3.8, 4) is 0 Å². The predicted octanol–water partition coefficient (Wildman–Crippen LogP) is 3.56. The number of anilines is 1. The molecule has 0 fully saturated rings.